The molecule has 2 aromatic heterocycles. The number of benzene rings is 2. The summed E-state index contributed by atoms with van der Waals surface area (Å²) >= 11 is 0. The fraction of sp³-hybridized carbons (Fsp3) is 0.500. The van der Waals surface area contributed by atoms with Gasteiger partial charge in [0.1, 0.15) is 22.9 Å². The van der Waals surface area contributed by atoms with Gasteiger partial charge < -0.3 is 19.4 Å². The third-order valence-corrected chi connectivity index (χ3v) is 10.6. The molecule has 5 aliphatic rings. The molecule has 10 nitrogen and oxygen atoms in total. The number of likely N-dealkylation sites (tertiary alicyclic amines) is 2. The molecule has 2 saturated heterocycles. The van der Waals surface area contributed by atoms with E-state index >= 15 is 0 Å². The minimum absolute atomic E-state index is 0.110. The average Bonchev–Trinajstić information content (AvgIpc) is 3.89. The summed E-state index contributed by atoms with van der Waals surface area (Å²) < 4.78 is 11.4. The molecule has 2 bridgehead atoms. The summed E-state index contributed by atoms with van der Waals surface area (Å²) in [5.41, 5.74) is 8.72. The molecule has 4 atom stereocenters. The maximum Gasteiger partial charge on any atom is 0.410 e. The van der Waals surface area contributed by atoms with E-state index in [9.17, 15) is 9.59 Å². The molecule has 0 saturated carbocycles. The number of nitrogens with zero attached hydrogens (tertiary/aromatic N) is 4. The summed E-state index contributed by atoms with van der Waals surface area (Å²) in [6.07, 6.45) is 9.09. The van der Waals surface area contributed by atoms with Crippen molar-refractivity contribution in [3.63, 3.8) is 0 Å². The third kappa shape index (κ3) is 5.96. The van der Waals surface area contributed by atoms with Crippen molar-refractivity contribution in [3.8, 4) is 22.5 Å². The van der Waals surface area contributed by atoms with Crippen LogP contribution in [0.1, 0.15) is 138 Å². The first-order chi connectivity index (χ1) is 23.8. The number of hydrogen-bond donors (Lipinski definition) is 2. The van der Waals surface area contributed by atoms with Crippen LogP contribution in [-0.4, -0.2) is 66.2 Å². The lowest BCUT2D eigenvalue weighted by Gasteiger charge is -2.40. The van der Waals surface area contributed by atoms with Gasteiger partial charge in [-0.05, 0) is 126 Å². The molecule has 3 aliphatic carbocycles. The second-order valence-corrected chi connectivity index (χ2v) is 16.4. The number of fused-ring (bicyclic) bond motifs is 1. The Hall–Kier alpha value is -4.60. The summed E-state index contributed by atoms with van der Waals surface area (Å²) in [7, 11) is 0. The predicted molar refractivity (Wildman–Crippen MR) is 191 cm³/mol. The maximum atomic E-state index is 12.9. The van der Waals surface area contributed by atoms with Gasteiger partial charge in [-0.25, -0.2) is 19.6 Å². The fourth-order valence-electron chi connectivity index (χ4n) is 8.50. The van der Waals surface area contributed by atoms with Crippen molar-refractivity contribution in [2.75, 3.05) is 13.1 Å². The lowest BCUT2D eigenvalue weighted by molar-refractivity contribution is 0.0208. The van der Waals surface area contributed by atoms with Crippen molar-refractivity contribution >= 4 is 12.2 Å². The highest BCUT2D eigenvalue weighted by Crippen LogP contribution is 2.54. The van der Waals surface area contributed by atoms with Crippen molar-refractivity contribution in [2.45, 2.75) is 115 Å². The van der Waals surface area contributed by atoms with E-state index in [1.54, 1.807) is 0 Å². The van der Waals surface area contributed by atoms with E-state index in [-0.39, 0.29) is 24.3 Å². The lowest BCUT2D eigenvalue weighted by atomic mass is 9.63. The molecule has 0 radical (unpaired) electrons. The van der Waals surface area contributed by atoms with E-state index < -0.39 is 11.2 Å². The molecule has 2 N–H and O–H groups in total. The standard InChI is InChI=1S/C40H48N6O4/c1-39(2,3)49-37(47)45-17-7-9-33(45)35-41-21-31(43-35)23-11-13-25-28-16-15-27(29(25)19-23)26-14-12-24(20-30(26)28)32-22-42-36(44-32)34-10-8-18-46(34)38(48)50-40(4,5)6/h11-14,19-22,27-28,33-34H,7-10,15-18H2,1-6H3,(H,41,43)(H,42,44)/t27?,28?,33-,34-/m0/s1. The molecule has 2 aromatic carbocycles. The third-order valence-electron chi connectivity index (χ3n) is 10.6. The summed E-state index contributed by atoms with van der Waals surface area (Å²) in [6.45, 7) is 12.7. The Balaban J connectivity index is 1.01. The zero-order valence-electron chi connectivity index (χ0n) is 30.0. The van der Waals surface area contributed by atoms with E-state index in [2.05, 4.69) is 46.4 Å². The SMILES string of the molecule is CC(C)(C)OC(=O)N1CCC[C@H]1c1ncc(-c2ccc3c(c2)C2CCC3c3cc(-c4cnc([C@@H]5CCCN5C(=O)OC(C)(C)C)[nH]4)ccc32)[nH]1. The van der Waals surface area contributed by atoms with Crippen molar-refractivity contribution in [1.29, 1.82) is 0 Å². The predicted octanol–water partition coefficient (Wildman–Crippen LogP) is 8.98. The van der Waals surface area contributed by atoms with Crippen LogP contribution < -0.4 is 0 Å². The van der Waals surface area contributed by atoms with E-state index in [0.717, 1.165) is 72.7 Å². The first-order valence-corrected chi connectivity index (χ1v) is 18.2. The van der Waals surface area contributed by atoms with Crippen LogP contribution in [0.3, 0.4) is 0 Å². The monoisotopic (exact) mass is 676 g/mol. The van der Waals surface area contributed by atoms with E-state index in [1.807, 2.05) is 63.7 Å². The number of aromatic amines is 2. The fourth-order valence-corrected chi connectivity index (χ4v) is 8.50. The van der Waals surface area contributed by atoms with Gasteiger partial charge in [-0.2, -0.15) is 0 Å². The molecular weight excluding hydrogens is 628 g/mol. The largest absolute Gasteiger partial charge is 0.444 e. The molecule has 4 aromatic rings. The van der Waals surface area contributed by atoms with Crippen molar-refractivity contribution < 1.29 is 19.1 Å². The van der Waals surface area contributed by atoms with Crippen LogP contribution >= 0.6 is 0 Å². The quantitative estimate of drug-likeness (QED) is 0.223. The van der Waals surface area contributed by atoms with Crippen LogP contribution in [0, 0.1) is 0 Å². The van der Waals surface area contributed by atoms with Crippen molar-refractivity contribution in [2.24, 2.45) is 0 Å². The minimum Gasteiger partial charge on any atom is -0.444 e. The van der Waals surface area contributed by atoms with Crippen LogP contribution in [0.5, 0.6) is 0 Å². The van der Waals surface area contributed by atoms with E-state index in [0.29, 0.717) is 24.9 Å². The smallest absolute Gasteiger partial charge is 0.410 e. The van der Waals surface area contributed by atoms with E-state index in [4.69, 9.17) is 19.4 Å². The molecule has 2 fully saturated rings. The number of amides is 2. The van der Waals surface area contributed by atoms with Gasteiger partial charge in [0.2, 0.25) is 0 Å². The van der Waals surface area contributed by atoms with Crippen LogP contribution in [0.4, 0.5) is 9.59 Å². The molecule has 2 unspecified atom stereocenters. The lowest BCUT2D eigenvalue weighted by Crippen LogP contribution is -2.36. The summed E-state index contributed by atoms with van der Waals surface area (Å²) in [4.78, 5) is 46.1. The summed E-state index contributed by atoms with van der Waals surface area (Å²) in [5.74, 6) is 2.31. The number of imidazole rings is 2. The molecule has 10 heteroatoms. The molecular formula is C40H48N6O4. The Kier molecular flexibility index (Phi) is 7.84. The Bertz CT molecular complexity index is 1810. The highest BCUT2D eigenvalue weighted by atomic mass is 16.6. The minimum atomic E-state index is -0.536. The molecule has 262 valence electrons. The first-order valence-electron chi connectivity index (χ1n) is 18.2. The van der Waals surface area contributed by atoms with Gasteiger partial charge in [-0.1, -0.05) is 24.3 Å². The Labute approximate surface area is 294 Å². The van der Waals surface area contributed by atoms with Gasteiger partial charge in [0.25, 0.3) is 0 Å². The van der Waals surface area contributed by atoms with Gasteiger partial charge in [-0.15, -0.1) is 0 Å². The van der Waals surface area contributed by atoms with Gasteiger partial charge in [0, 0.05) is 24.9 Å². The van der Waals surface area contributed by atoms with E-state index in [1.165, 1.54) is 22.3 Å². The van der Waals surface area contributed by atoms with Gasteiger partial charge in [0.15, 0.2) is 0 Å². The zero-order chi connectivity index (χ0) is 34.9. The number of rotatable bonds is 4. The molecule has 0 spiro atoms. The Morgan fingerprint density at radius 1 is 0.640 bits per heavy atom. The number of ether oxygens (including phenoxy) is 2. The molecule has 2 aliphatic heterocycles. The highest BCUT2D eigenvalue weighted by molar-refractivity contribution is 5.71. The number of aromatic nitrogens is 4. The first kappa shape index (κ1) is 32.6. The Morgan fingerprint density at radius 2 is 1.06 bits per heavy atom. The average molecular weight is 677 g/mol. The van der Waals surface area contributed by atoms with Crippen molar-refractivity contribution in [3.05, 3.63) is 82.7 Å². The molecule has 50 heavy (non-hydrogen) atoms. The number of carbonyl (C=O) groups excluding carboxylic acids is 2. The topological polar surface area (TPSA) is 116 Å². The number of nitrogens with one attached hydrogen (secondary N) is 2. The Morgan fingerprint density at radius 3 is 1.46 bits per heavy atom. The number of carbonyl (C=O) groups is 2. The second-order valence-electron chi connectivity index (χ2n) is 16.4. The van der Waals surface area contributed by atoms with Crippen LogP contribution in [0.15, 0.2) is 48.8 Å². The zero-order valence-corrected chi connectivity index (χ0v) is 30.0. The van der Waals surface area contributed by atoms with Gasteiger partial charge in [-0.3, -0.25) is 9.80 Å². The van der Waals surface area contributed by atoms with Crippen LogP contribution in [-0.2, 0) is 9.47 Å². The number of H-pyrrole nitrogens is 2. The van der Waals surface area contributed by atoms with Crippen LogP contribution in [0.25, 0.3) is 22.5 Å². The highest BCUT2D eigenvalue weighted by Gasteiger charge is 2.39. The van der Waals surface area contributed by atoms with Gasteiger partial charge in [0.05, 0.1) is 35.9 Å². The number of hydrogen-bond acceptors (Lipinski definition) is 6. The summed E-state index contributed by atoms with van der Waals surface area (Å²) in [6, 6.07) is 13.5. The normalized spacial score (nSPS) is 22.8. The van der Waals surface area contributed by atoms with Crippen LogP contribution in [0.2, 0.25) is 0 Å². The molecule has 4 heterocycles. The molecule has 2 amide bonds. The summed E-state index contributed by atoms with van der Waals surface area (Å²) in [5, 5.41) is 0. The van der Waals surface area contributed by atoms with Crippen molar-refractivity contribution in [1.82, 2.24) is 29.7 Å². The maximum absolute atomic E-state index is 12.9. The van der Waals surface area contributed by atoms with Gasteiger partial charge >= 0.3 is 12.2 Å². The second kappa shape index (κ2) is 12.0. The molecule has 9 rings (SSSR count).